The number of rotatable bonds is 6. The smallest absolute Gasteiger partial charge is 0.258 e. The molecule has 0 unspecified atom stereocenters. The SMILES string of the molecule is O=C(CO)c1ccc2ccn(CCc3cccc(-c4cccnc4)c3)c(=O)c2c1. The van der Waals surface area contributed by atoms with Gasteiger partial charge in [0, 0.05) is 36.1 Å². The summed E-state index contributed by atoms with van der Waals surface area (Å²) in [6.45, 7) is -0.0384. The number of carbonyl (C=O) groups excluding carboxylic acids is 1. The third-order valence-electron chi connectivity index (χ3n) is 5.01. The summed E-state index contributed by atoms with van der Waals surface area (Å²) >= 11 is 0. The average Bonchev–Trinajstić information content (AvgIpc) is 2.79. The van der Waals surface area contributed by atoms with Crippen molar-refractivity contribution in [3.05, 3.63) is 101 Å². The van der Waals surface area contributed by atoms with Crippen molar-refractivity contribution in [1.29, 1.82) is 0 Å². The third-order valence-corrected chi connectivity index (χ3v) is 5.01. The fourth-order valence-electron chi connectivity index (χ4n) is 3.41. The summed E-state index contributed by atoms with van der Waals surface area (Å²) in [6.07, 6.45) is 6.06. The molecular weight excluding hydrogens is 364 g/mol. The van der Waals surface area contributed by atoms with E-state index in [2.05, 4.69) is 11.1 Å². The van der Waals surface area contributed by atoms with Crippen molar-refractivity contribution in [2.24, 2.45) is 0 Å². The minimum Gasteiger partial charge on any atom is -0.388 e. The predicted molar refractivity (Wildman–Crippen MR) is 113 cm³/mol. The largest absolute Gasteiger partial charge is 0.388 e. The Morgan fingerprint density at radius 2 is 1.86 bits per heavy atom. The highest BCUT2D eigenvalue weighted by atomic mass is 16.3. The highest BCUT2D eigenvalue weighted by molar-refractivity contribution is 6.00. The molecule has 0 aliphatic rings. The number of hydrogen-bond acceptors (Lipinski definition) is 4. The van der Waals surface area contributed by atoms with Crippen LogP contribution in [0.5, 0.6) is 0 Å². The molecule has 29 heavy (non-hydrogen) atoms. The molecule has 4 aromatic rings. The predicted octanol–water partition coefficient (Wildman–Crippen LogP) is 3.48. The van der Waals surface area contributed by atoms with Gasteiger partial charge in [0.25, 0.3) is 5.56 Å². The number of ketones is 1. The molecule has 2 aromatic heterocycles. The van der Waals surface area contributed by atoms with Crippen LogP contribution in [-0.2, 0) is 13.0 Å². The number of carbonyl (C=O) groups is 1. The van der Waals surface area contributed by atoms with Crippen molar-refractivity contribution < 1.29 is 9.90 Å². The highest BCUT2D eigenvalue weighted by Gasteiger charge is 2.09. The first-order valence-corrected chi connectivity index (χ1v) is 9.42. The van der Waals surface area contributed by atoms with Crippen LogP contribution in [0.2, 0.25) is 0 Å². The zero-order chi connectivity index (χ0) is 20.2. The van der Waals surface area contributed by atoms with Gasteiger partial charge in [0.15, 0.2) is 5.78 Å². The summed E-state index contributed by atoms with van der Waals surface area (Å²) in [5.74, 6) is -0.395. The lowest BCUT2D eigenvalue weighted by molar-refractivity contribution is 0.0904. The Bertz CT molecular complexity index is 1230. The van der Waals surface area contributed by atoms with Crippen LogP contribution in [0, 0.1) is 0 Å². The molecule has 0 radical (unpaired) electrons. The molecule has 5 heteroatoms. The molecular formula is C24H20N2O3. The molecule has 0 atom stereocenters. The number of aliphatic hydroxyl groups is 1. The number of aromatic nitrogens is 2. The number of aliphatic hydroxyl groups excluding tert-OH is 1. The Balaban J connectivity index is 1.59. The van der Waals surface area contributed by atoms with Crippen LogP contribution >= 0.6 is 0 Å². The third kappa shape index (κ3) is 4.00. The number of aryl methyl sites for hydroxylation is 2. The Labute approximate surface area is 167 Å². The molecule has 0 amide bonds. The van der Waals surface area contributed by atoms with Crippen molar-refractivity contribution in [2.45, 2.75) is 13.0 Å². The van der Waals surface area contributed by atoms with Gasteiger partial charge < -0.3 is 9.67 Å². The number of pyridine rings is 2. The molecule has 4 rings (SSSR count). The highest BCUT2D eigenvalue weighted by Crippen LogP contribution is 2.20. The Morgan fingerprint density at radius 1 is 1.00 bits per heavy atom. The summed E-state index contributed by atoms with van der Waals surface area (Å²) < 4.78 is 1.66. The molecule has 2 heterocycles. The summed E-state index contributed by atoms with van der Waals surface area (Å²) in [6, 6.07) is 18.9. The standard InChI is InChI=1S/C24H20N2O3/c27-16-23(28)20-7-6-18-9-12-26(24(29)22(18)14-20)11-8-17-3-1-4-19(13-17)21-5-2-10-25-15-21/h1-7,9-10,12-15,27H,8,11,16H2. The van der Waals surface area contributed by atoms with Crippen molar-refractivity contribution in [1.82, 2.24) is 9.55 Å². The molecule has 0 aliphatic heterocycles. The molecule has 5 nitrogen and oxygen atoms in total. The molecule has 0 fully saturated rings. The van der Waals surface area contributed by atoms with E-state index in [0.29, 0.717) is 23.9 Å². The van der Waals surface area contributed by atoms with Gasteiger partial charge in [0.05, 0.1) is 0 Å². The molecule has 0 aliphatic carbocycles. The molecule has 0 saturated carbocycles. The van der Waals surface area contributed by atoms with Crippen LogP contribution in [0.4, 0.5) is 0 Å². The van der Waals surface area contributed by atoms with Gasteiger partial charge in [-0.15, -0.1) is 0 Å². The van der Waals surface area contributed by atoms with Crippen LogP contribution in [0.15, 0.2) is 84.0 Å². The first-order valence-electron chi connectivity index (χ1n) is 9.42. The van der Waals surface area contributed by atoms with Gasteiger partial charge in [-0.25, -0.2) is 0 Å². The number of hydrogen-bond donors (Lipinski definition) is 1. The van der Waals surface area contributed by atoms with Crippen molar-refractivity contribution >= 4 is 16.6 Å². The zero-order valence-corrected chi connectivity index (χ0v) is 15.8. The van der Waals surface area contributed by atoms with E-state index < -0.39 is 12.4 Å². The minimum atomic E-state index is -0.570. The van der Waals surface area contributed by atoms with Crippen LogP contribution in [0.1, 0.15) is 15.9 Å². The van der Waals surface area contributed by atoms with Crippen LogP contribution in [0.25, 0.3) is 21.9 Å². The normalized spacial score (nSPS) is 10.9. The summed E-state index contributed by atoms with van der Waals surface area (Å²) in [5, 5.41) is 10.3. The lowest BCUT2D eigenvalue weighted by Gasteiger charge is -2.09. The fraction of sp³-hybridized carbons (Fsp3) is 0.125. The second kappa shape index (κ2) is 8.20. The Morgan fingerprint density at radius 3 is 2.66 bits per heavy atom. The van der Waals surface area contributed by atoms with Crippen LogP contribution in [0.3, 0.4) is 0 Å². The minimum absolute atomic E-state index is 0.140. The van der Waals surface area contributed by atoms with Gasteiger partial charge in [0.2, 0.25) is 0 Å². The van der Waals surface area contributed by atoms with Gasteiger partial charge in [0.1, 0.15) is 6.61 Å². The van der Waals surface area contributed by atoms with E-state index in [1.165, 1.54) is 0 Å². The zero-order valence-electron chi connectivity index (χ0n) is 15.8. The maximum atomic E-state index is 12.9. The van der Waals surface area contributed by atoms with E-state index in [4.69, 9.17) is 5.11 Å². The molecule has 0 bridgehead atoms. The van der Waals surface area contributed by atoms with Gasteiger partial charge in [-0.1, -0.05) is 42.5 Å². The Kier molecular flexibility index (Phi) is 5.31. The van der Waals surface area contributed by atoms with Gasteiger partial charge in [-0.05, 0) is 46.7 Å². The van der Waals surface area contributed by atoms with E-state index in [-0.39, 0.29) is 5.56 Å². The lowest BCUT2D eigenvalue weighted by Crippen LogP contribution is -2.21. The van der Waals surface area contributed by atoms with E-state index in [0.717, 1.165) is 22.1 Å². The first kappa shape index (κ1) is 18.8. The number of nitrogens with zero attached hydrogens (tertiary/aromatic N) is 2. The molecule has 1 N–H and O–H groups in total. The maximum Gasteiger partial charge on any atom is 0.258 e. The van der Waals surface area contributed by atoms with E-state index in [1.807, 2.05) is 42.6 Å². The maximum absolute atomic E-state index is 12.9. The Hall–Kier alpha value is -3.57. The summed E-state index contributed by atoms with van der Waals surface area (Å²) in [4.78, 5) is 28.8. The second-order valence-corrected chi connectivity index (χ2v) is 6.89. The van der Waals surface area contributed by atoms with E-state index in [9.17, 15) is 9.59 Å². The molecule has 0 saturated heterocycles. The molecule has 0 spiro atoms. The number of Topliss-reactive ketones (excluding diaryl/α,β-unsaturated/α-hetero) is 1. The van der Waals surface area contributed by atoms with Crippen molar-refractivity contribution in [3.63, 3.8) is 0 Å². The second-order valence-electron chi connectivity index (χ2n) is 6.89. The van der Waals surface area contributed by atoms with Gasteiger partial charge in [-0.3, -0.25) is 14.6 Å². The topological polar surface area (TPSA) is 72.2 Å². The number of benzene rings is 2. The number of fused-ring (bicyclic) bond motifs is 1. The molecule has 2 aromatic carbocycles. The van der Waals surface area contributed by atoms with Crippen molar-refractivity contribution in [3.8, 4) is 11.1 Å². The van der Waals surface area contributed by atoms with Crippen molar-refractivity contribution in [2.75, 3.05) is 6.61 Å². The van der Waals surface area contributed by atoms with Crippen LogP contribution in [-0.4, -0.2) is 27.0 Å². The first-order chi connectivity index (χ1) is 14.2. The summed E-state index contributed by atoms with van der Waals surface area (Å²) in [5.41, 5.74) is 3.48. The van der Waals surface area contributed by atoms with Gasteiger partial charge in [-0.2, -0.15) is 0 Å². The molecule has 144 valence electrons. The van der Waals surface area contributed by atoms with Crippen LogP contribution < -0.4 is 5.56 Å². The van der Waals surface area contributed by atoms with E-state index >= 15 is 0 Å². The summed E-state index contributed by atoms with van der Waals surface area (Å²) in [7, 11) is 0. The fourth-order valence-corrected chi connectivity index (χ4v) is 3.41. The quantitative estimate of drug-likeness (QED) is 0.517. The van der Waals surface area contributed by atoms with Gasteiger partial charge >= 0.3 is 0 Å². The van der Waals surface area contributed by atoms with E-state index in [1.54, 1.807) is 35.2 Å². The average molecular weight is 384 g/mol. The lowest BCUT2D eigenvalue weighted by atomic mass is 10.0. The monoisotopic (exact) mass is 384 g/mol.